The molecule has 0 bridgehead atoms. The number of hydrogen-bond acceptors (Lipinski definition) is 3. The van der Waals surface area contributed by atoms with Gasteiger partial charge in [-0.05, 0) is 22.6 Å². The molecular formula is C17H22N2OS. The first-order valence-electron chi connectivity index (χ1n) is 7.28. The predicted molar refractivity (Wildman–Crippen MR) is 89.3 cm³/mol. The van der Waals surface area contributed by atoms with Crippen molar-refractivity contribution >= 4 is 17.2 Å². The maximum absolute atomic E-state index is 11.4. The van der Waals surface area contributed by atoms with Crippen molar-refractivity contribution < 1.29 is 4.79 Å². The Hall–Kier alpha value is -1.65. The van der Waals surface area contributed by atoms with Crippen LogP contribution in [0.15, 0.2) is 41.8 Å². The van der Waals surface area contributed by atoms with Crippen LogP contribution in [0.4, 0.5) is 0 Å². The molecule has 0 spiro atoms. The normalized spacial score (nSPS) is 10.8. The van der Waals surface area contributed by atoms with Gasteiger partial charge in [-0.15, -0.1) is 11.3 Å². The van der Waals surface area contributed by atoms with E-state index in [4.69, 9.17) is 0 Å². The van der Waals surface area contributed by atoms with E-state index >= 15 is 0 Å². The van der Waals surface area contributed by atoms with Crippen LogP contribution in [0.1, 0.15) is 18.7 Å². The molecule has 0 fully saturated rings. The molecule has 2 rings (SSSR count). The fraction of sp³-hybridized carbons (Fsp3) is 0.353. The third-order valence-electron chi connectivity index (χ3n) is 3.19. The molecule has 1 aromatic heterocycles. The van der Waals surface area contributed by atoms with Crippen molar-refractivity contribution in [1.82, 2.24) is 10.6 Å². The molecule has 0 saturated heterocycles. The van der Waals surface area contributed by atoms with Crippen molar-refractivity contribution in [2.24, 2.45) is 5.92 Å². The van der Waals surface area contributed by atoms with E-state index in [1.165, 1.54) is 16.0 Å². The highest BCUT2D eigenvalue weighted by Gasteiger charge is 2.05. The Morgan fingerprint density at radius 1 is 1.14 bits per heavy atom. The van der Waals surface area contributed by atoms with E-state index in [9.17, 15) is 4.79 Å². The SMILES string of the molecule is CC(C)C(=O)NCCNCc1cc(-c2ccccc2)cs1. The van der Waals surface area contributed by atoms with E-state index in [0.717, 1.165) is 13.1 Å². The first-order chi connectivity index (χ1) is 10.2. The zero-order chi connectivity index (χ0) is 15.1. The molecule has 4 heteroatoms. The summed E-state index contributed by atoms with van der Waals surface area (Å²) in [5.41, 5.74) is 2.52. The average Bonchev–Trinajstić information content (AvgIpc) is 2.96. The third-order valence-corrected chi connectivity index (χ3v) is 4.12. The van der Waals surface area contributed by atoms with Crippen LogP contribution < -0.4 is 10.6 Å². The molecule has 2 N–H and O–H groups in total. The van der Waals surface area contributed by atoms with E-state index < -0.39 is 0 Å². The number of benzene rings is 1. The molecule has 0 aliphatic heterocycles. The lowest BCUT2D eigenvalue weighted by molar-refractivity contribution is -0.123. The van der Waals surface area contributed by atoms with Crippen LogP contribution in [0, 0.1) is 5.92 Å². The zero-order valence-electron chi connectivity index (χ0n) is 12.6. The molecule has 1 heterocycles. The van der Waals surface area contributed by atoms with E-state index in [1.807, 2.05) is 19.9 Å². The quantitative estimate of drug-likeness (QED) is 0.771. The fourth-order valence-electron chi connectivity index (χ4n) is 1.95. The van der Waals surface area contributed by atoms with E-state index in [2.05, 4.69) is 46.3 Å². The van der Waals surface area contributed by atoms with Crippen LogP contribution in [0.25, 0.3) is 11.1 Å². The lowest BCUT2D eigenvalue weighted by Crippen LogP contribution is -2.33. The lowest BCUT2D eigenvalue weighted by atomic mass is 10.1. The summed E-state index contributed by atoms with van der Waals surface area (Å²) in [6.45, 7) is 6.11. The zero-order valence-corrected chi connectivity index (χ0v) is 13.4. The van der Waals surface area contributed by atoms with E-state index in [-0.39, 0.29) is 11.8 Å². The summed E-state index contributed by atoms with van der Waals surface area (Å²) < 4.78 is 0. The van der Waals surface area contributed by atoms with Crippen LogP contribution in [-0.4, -0.2) is 19.0 Å². The summed E-state index contributed by atoms with van der Waals surface area (Å²) in [6, 6.07) is 12.6. The fourth-order valence-corrected chi connectivity index (χ4v) is 2.81. The van der Waals surface area contributed by atoms with Gasteiger partial charge in [-0.3, -0.25) is 4.79 Å². The molecule has 0 aliphatic rings. The Balaban J connectivity index is 1.73. The van der Waals surface area contributed by atoms with Crippen molar-refractivity contribution in [2.45, 2.75) is 20.4 Å². The minimum absolute atomic E-state index is 0.0516. The van der Waals surface area contributed by atoms with Crippen molar-refractivity contribution in [3.63, 3.8) is 0 Å². The van der Waals surface area contributed by atoms with Crippen LogP contribution in [-0.2, 0) is 11.3 Å². The van der Waals surface area contributed by atoms with Crippen molar-refractivity contribution in [3.8, 4) is 11.1 Å². The Kier molecular flexibility index (Phi) is 5.96. The van der Waals surface area contributed by atoms with Crippen LogP contribution in [0.3, 0.4) is 0 Å². The summed E-state index contributed by atoms with van der Waals surface area (Å²) in [5.74, 6) is 0.162. The van der Waals surface area contributed by atoms with Gasteiger partial charge >= 0.3 is 0 Å². The first-order valence-corrected chi connectivity index (χ1v) is 8.16. The maximum Gasteiger partial charge on any atom is 0.222 e. The third kappa shape index (κ3) is 4.99. The number of amides is 1. The van der Waals surface area contributed by atoms with Gasteiger partial charge in [-0.2, -0.15) is 0 Å². The highest BCUT2D eigenvalue weighted by molar-refractivity contribution is 7.10. The second-order valence-electron chi connectivity index (χ2n) is 5.29. The first kappa shape index (κ1) is 15.7. The smallest absolute Gasteiger partial charge is 0.222 e. The molecule has 3 nitrogen and oxygen atoms in total. The standard InChI is InChI=1S/C17H22N2OS/c1-13(2)17(20)19-9-8-18-11-16-10-15(12-21-16)14-6-4-3-5-7-14/h3-7,10,12-13,18H,8-9,11H2,1-2H3,(H,19,20). The Bertz CT molecular complexity index is 563. The molecule has 2 aromatic rings. The minimum Gasteiger partial charge on any atom is -0.355 e. The van der Waals surface area contributed by atoms with Crippen LogP contribution in [0.5, 0.6) is 0 Å². The number of carbonyl (C=O) groups is 1. The largest absolute Gasteiger partial charge is 0.355 e. The average molecular weight is 302 g/mol. The Labute approximate surface area is 130 Å². The predicted octanol–water partition coefficient (Wildman–Crippen LogP) is 3.28. The monoisotopic (exact) mass is 302 g/mol. The number of rotatable bonds is 7. The van der Waals surface area contributed by atoms with Crippen molar-refractivity contribution in [1.29, 1.82) is 0 Å². The van der Waals surface area contributed by atoms with Gasteiger partial charge in [0.25, 0.3) is 0 Å². The van der Waals surface area contributed by atoms with Gasteiger partial charge in [-0.1, -0.05) is 44.2 Å². The van der Waals surface area contributed by atoms with E-state index in [1.54, 1.807) is 11.3 Å². The second-order valence-corrected chi connectivity index (χ2v) is 6.29. The lowest BCUT2D eigenvalue weighted by Gasteiger charge is -2.07. The van der Waals surface area contributed by atoms with Gasteiger partial charge in [0.2, 0.25) is 5.91 Å². The van der Waals surface area contributed by atoms with Crippen molar-refractivity contribution in [3.05, 3.63) is 46.7 Å². The summed E-state index contributed by atoms with van der Waals surface area (Å²) >= 11 is 1.76. The number of hydrogen-bond donors (Lipinski definition) is 2. The summed E-state index contributed by atoms with van der Waals surface area (Å²) in [5, 5.41) is 8.45. The van der Waals surface area contributed by atoms with Crippen molar-refractivity contribution in [2.75, 3.05) is 13.1 Å². The second kappa shape index (κ2) is 7.96. The molecule has 0 saturated carbocycles. The van der Waals surface area contributed by atoms with Gasteiger partial charge < -0.3 is 10.6 Å². The van der Waals surface area contributed by atoms with Gasteiger partial charge in [0.15, 0.2) is 0 Å². The molecule has 1 amide bonds. The molecule has 21 heavy (non-hydrogen) atoms. The Morgan fingerprint density at radius 2 is 1.90 bits per heavy atom. The molecule has 112 valence electrons. The molecular weight excluding hydrogens is 280 g/mol. The molecule has 0 atom stereocenters. The van der Waals surface area contributed by atoms with Crippen LogP contribution >= 0.6 is 11.3 Å². The maximum atomic E-state index is 11.4. The molecule has 0 aliphatic carbocycles. The van der Waals surface area contributed by atoms with Gasteiger partial charge in [0, 0.05) is 30.4 Å². The topological polar surface area (TPSA) is 41.1 Å². The van der Waals surface area contributed by atoms with Gasteiger partial charge in [0.05, 0.1) is 0 Å². The summed E-state index contributed by atoms with van der Waals surface area (Å²) in [7, 11) is 0. The van der Waals surface area contributed by atoms with Crippen LogP contribution in [0.2, 0.25) is 0 Å². The molecule has 1 aromatic carbocycles. The van der Waals surface area contributed by atoms with Gasteiger partial charge in [-0.25, -0.2) is 0 Å². The summed E-state index contributed by atoms with van der Waals surface area (Å²) in [6.07, 6.45) is 0. The Morgan fingerprint density at radius 3 is 2.62 bits per heavy atom. The highest BCUT2D eigenvalue weighted by Crippen LogP contribution is 2.25. The highest BCUT2D eigenvalue weighted by atomic mass is 32.1. The number of nitrogens with one attached hydrogen (secondary N) is 2. The number of thiophene rings is 1. The minimum atomic E-state index is 0.0516. The molecule has 0 unspecified atom stereocenters. The van der Waals surface area contributed by atoms with E-state index in [0.29, 0.717) is 6.54 Å². The summed E-state index contributed by atoms with van der Waals surface area (Å²) in [4.78, 5) is 12.7. The number of carbonyl (C=O) groups excluding carboxylic acids is 1. The molecule has 0 radical (unpaired) electrons. The van der Waals surface area contributed by atoms with Gasteiger partial charge in [0.1, 0.15) is 0 Å².